The van der Waals surface area contributed by atoms with E-state index in [-0.39, 0.29) is 5.69 Å². The van der Waals surface area contributed by atoms with Crippen LogP contribution in [0.15, 0.2) is 54.6 Å². The number of aliphatic hydroxyl groups is 1. The van der Waals surface area contributed by atoms with Crippen LogP contribution in [-0.4, -0.2) is 16.6 Å². The van der Waals surface area contributed by atoms with Gasteiger partial charge in [-0.3, -0.25) is 15.4 Å². The Morgan fingerprint density at radius 2 is 1.76 bits per heavy atom. The molecule has 1 atom stereocenters. The van der Waals surface area contributed by atoms with Crippen molar-refractivity contribution in [3.05, 3.63) is 75.8 Å². The van der Waals surface area contributed by atoms with Gasteiger partial charge in [0.2, 0.25) is 0 Å². The molecule has 0 aliphatic carbocycles. The molecule has 2 aromatic carbocycles. The lowest BCUT2D eigenvalue weighted by Crippen LogP contribution is -2.40. The number of hydrogen-bond donors (Lipinski definition) is 2. The monoisotopic (exact) mass is 286 g/mol. The topological polar surface area (TPSA) is 75.4 Å². The highest BCUT2D eigenvalue weighted by Gasteiger charge is 2.22. The molecular weight excluding hydrogens is 268 g/mol. The Hall–Kier alpha value is -2.24. The summed E-state index contributed by atoms with van der Waals surface area (Å²) in [6.45, 7) is 2.24. The van der Waals surface area contributed by atoms with Crippen molar-refractivity contribution < 1.29 is 10.0 Å². The number of nitro groups is 1. The van der Waals surface area contributed by atoms with Gasteiger partial charge in [-0.05, 0) is 36.6 Å². The molecule has 2 N–H and O–H groups in total. The molecule has 2 rings (SSSR count). The van der Waals surface area contributed by atoms with Crippen LogP contribution in [-0.2, 0) is 12.1 Å². The largest absolute Gasteiger partial charge is 0.372 e. The molecule has 0 heterocycles. The summed E-state index contributed by atoms with van der Waals surface area (Å²) < 4.78 is 0. The molecule has 0 aromatic heterocycles. The van der Waals surface area contributed by atoms with E-state index in [0.717, 1.165) is 6.42 Å². The molecular formula is C16H18N2O3. The van der Waals surface area contributed by atoms with Crippen LogP contribution >= 0.6 is 0 Å². The Morgan fingerprint density at radius 1 is 1.14 bits per heavy atom. The van der Waals surface area contributed by atoms with Gasteiger partial charge in [-0.1, -0.05) is 30.3 Å². The quantitative estimate of drug-likeness (QED) is 0.486. The van der Waals surface area contributed by atoms with E-state index in [1.165, 1.54) is 17.7 Å². The molecule has 0 bridgehead atoms. The highest BCUT2D eigenvalue weighted by atomic mass is 16.6. The van der Waals surface area contributed by atoms with E-state index >= 15 is 0 Å². The lowest BCUT2D eigenvalue weighted by atomic mass is 10.0. The fourth-order valence-electron chi connectivity index (χ4n) is 2.10. The molecule has 110 valence electrons. The third-order valence-electron chi connectivity index (χ3n) is 3.37. The average Bonchev–Trinajstić information content (AvgIpc) is 2.48. The number of benzene rings is 2. The molecule has 0 spiro atoms. The summed E-state index contributed by atoms with van der Waals surface area (Å²) >= 11 is 0. The van der Waals surface area contributed by atoms with Crippen LogP contribution in [0, 0.1) is 10.1 Å². The Kier molecular flexibility index (Phi) is 4.67. The zero-order valence-corrected chi connectivity index (χ0v) is 11.8. The zero-order chi connectivity index (χ0) is 15.3. The Labute approximate surface area is 123 Å². The maximum Gasteiger partial charge on any atom is 0.269 e. The summed E-state index contributed by atoms with van der Waals surface area (Å²) in [6.07, 6.45) is 0.796. The summed E-state index contributed by atoms with van der Waals surface area (Å²) in [5.41, 5.74) is 0.577. The van der Waals surface area contributed by atoms with Crippen LogP contribution in [0.2, 0.25) is 0 Å². The van der Waals surface area contributed by atoms with Crippen molar-refractivity contribution in [2.45, 2.75) is 19.1 Å². The predicted octanol–water partition coefficient (Wildman–Crippen LogP) is 2.59. The first-order valence-corrected chi connectivity index (χ1v) is 6.75. The predicted molar refractivity (Wildman–Crippen MR) is 80.8 cm³/mol. The summed E-state index contributed by atoms with van der Waals surface area (Å²) in [4.78, 5) is 10.2. The summed E-state index contributed by atoms with van der Waals surface area (Å²) in [7, 11) is 0. The molecule has 0 aliphatic rings. The van der Waals surface area contributed by atoms with E-state index in [2.05, 4.69) is 5.32 Å². The van der Waals surface area contributed by atoms with E-state index in [9.17, 15) is 15.2 Å². The molecule has 0 saturated heterocycles. The number of nitro benzene ring substituents is 1. The van der Waals surface area contributed by atoms with Crippen LogP contribution in [0.25, 0.3) is 0 Å². The summed E-state index contributed by atoms with van der Waals surface area (Å²) in [6, 6.07) is 15.9. The molecule has 21 heavy (non-hydrogen) atoms. The second-order valence-electron chi connectivity index (χ2n) is 5.04. The van der Waals surface area contributed by atoms with Gasteiger partial charge in [0.05, 0.1) is 4.92 Å². The first-order chi connectivity index (χ1) is 9.99. The first-order valence-electron chi connectivity index (χ1n) is 6.75. The van der Waals surface area contributed by atoms with Gasteiger partial charge < -0.3 is 5.11 Å². The number of nitrogens with zero attached hydrogens (tertiary/aromatic N) is 1. The number of rotatable bonds is 6. The molecule has 0 radical (unpaired) electrons. The minimum atomic E-state index is -1.22. The van der Waals surface area contributed by atoms with Crippen molar-refractivity contribution in [2.24, 2.45) is 0 Å². The van der Waals surface area contributed by atoms with Crippen molar-refractivity contribution in [1.29, 1.82) is 0 Å². The average molecular weight is 286 g/mol. The molecule has 5 heteroatoms. The first kappa shape index (κ1) is 15.2. The van der Waals surface area contributed by atoms with Crippen molar-refractivity contribution in [3.63, 3.8) is 0 Å². The lowest BCUT2D eigenvalue weighted by Gasteiger charge is -2.25. The van der Waals surface area contributed by atoms with Crippen molar-refractivity contribution in [2.75, 3.05) is 6.54 Å². The maximum absolute atomic E-state index is 10.6. The second-order valence-corrected chi connectivity index (χ2v) is 5.04. The van der Waals surface area contributed by atoms with E-state index < -0.39 is 10.6 Å². The smallest absolute Gasteiger partial charge is 0.269 e. The van der Waals surface area contributed by atoms with Gasteiger partial charge in [-0.15, -0.1) is 0 Å². The highest BCUT2D eigenvalue weighted by Crippen LogP contribution is 2.20. The van der Waals surface area contributed by atoms with Gasteiger partial charge >= 0.3 is 0 Å². The second kappa shape index (κ2) is 6.47. The summed E-state index contributed by atoms with van der Waals surface area (Å²) in [5.74, 6) is 0. The minimum absolute atomic E-state index is 0.0128. The number of nitrogens with one attached hydrogen (secondary N) is 1. The third kappa shape index (κ3) is 4.11. The Balaban J connectivity index is 1.96. The number of hydrogen-bond acceptors (Lipinski definition) is 4. The Morgan fingerprint density at radius 3 is 2.33 bits per heavy atom. The van der Waals surface area contributed by atoms with E-state index in [0.29, 0.717) is 12.1 Å². The van der Waals surface area contributed by atoms with Crippen LogP contribution in [0.4, 0.5) is 5.69 Å². The SMILES string of the molecule is CC(O)(NCCc1ccccc1)c1ccc([N+](=O)[O-])cc1. The van der Waals surface area contributed by atoms with Gasteiger partial charge in [0, 0.05) is 18.7 Å². The van der Waals surface area contributed by atoms with E-state index in [1.54, 1.807) is 19.1 Å². The molecule has 2 aromatic rings. The highest BCUT2D eigenvalue weighted by molar-refractivity contribution is 5.34. The minimum Gasteiger partial charge on any atom is -0.372 e. The lowest BCUT2D eigenvalue weighted by molar-refractivity contribution is -0.384. The molecule has 5 nitrogen and oxygen atoms in total. The van der Waals surface area contributed by atoms with Gasteiger partial charge in [-0.2, -0.15) is 0 Å². The van der Waals surface area contributed by atoms with Crippen molar-refractivity contribution in [1.82, 2.24) is 5.32 Å². The van der Waals surface area contributed by atoms with Gasteiger partial charge in [0.1, 0.15) is 5.72 Å². The van der Waals surface area contributed by atoms with Gasteiger partial charge in [0.25, 0.3) is 5.69 Å². The van der Waals surface area contributed by atoms with Crippen LogP contribution in [0.1, 0.15) is 18.1 Å². The Bertz CT molecular complexity index is 595. The molecule has 0 aliphatic heterocycles. The van der Waals surface area contributed by atoms with E-state index in [4.69, 9.17) is 0 Å². The normalized spacial score (nSPS) is 13.6. The molecule has 0 amide bonds. The third-order valence-corrected chi connectivity index (χ3v) is 3.37. The van der Waals surface area contributed by atoms with Gasteiger partial charge in [0.15, 0.2) is 0 Å². The van der Waals surface area contributed by atoms with Crippen LogP contribution < -0.4 is 5.32 Å². The standard InChI is InChI=1S/C16H18N2O3/c1-16(19,14-7-9-15(10-8-14)18(20)21)17-12-11-13-5-3-2-4-6-13/h2-10,17,19H,11-12H2,1H3. The fraction of sp³-hybridized carbons (Fsp3) is 0.250. The zero-order valence-electron chi connectivity index (χ0n) is 11.8. The van der Waals surface area contributed by atoms with E-state index in [1.807, 2.05) is 30.3 Å². The van der Waals surface area contributed by atoms with Crippen molar-refractivity contribution >= 4 is 5.69 Å². The fourth-order valence-corrected chi connectivity index (χ4v) is 2.10. The maximum atomic E-state index is 10.6. The number of non-ortho nitro benzene ring substituents is 1. The molecule has 0 saturated carbocycles. The summed E-state index contributed by atoms with van der Waals surface area (Å²) in [5, 5.41) is 24.1. The van der Waals surface area contributed by atoms with Crippen LogP contribution in [0.5, 0.6) is 0 Å². The van der Waals surface area contributed by atoms with Crippen LogP contribution in [0.3, 0.4) is 0 Å². The molecule has 1 unspecified atom stereocenters. The van der Waals surface area contributed by atoms with Gasteiger partial charge in [-0.25, -0.2) is 0 Å². The van der Waals surface area contributed by atoms with Crippen molar-refractivity contribution in [3.8, 4) is 0 Å². The molecule has 0 fully saturated rings.